The summed E-state index contributed by atoms with van der Waals surface area (Å²) in [6, 6.07) is 5.80. The summed E-state index contributed by atoms with van der Waals surface area (Å²) in [4.78, 5) is 12.3. The number of methoxy groups -OCH3 is 1. The summed E-state index contributed by atoms with van der Waals surface area (Å²) >= 11 is 3.45. The molecule has 104 valence electrons. The van der Waals surface area contributed by atoms with Crippen molar-refractivity contribution in [1.82, 2.24) is 0 Å². The Morgan fingerprint density at radius 3 is 2.89 bits per heavy atom. The summed E-state index contributed by atoms with van der Waals surface area (Å²) in [5, 5.41) is 0. The Morgan fingerprint density at radius 1 is 1.47 bits per heavy atom. The van der Waals surface area contributed by atoms with Crippen molar-refractivity contribution in [1.29, 1.82) is 0 Å². The van der Waals surface area contributed by atoms with E-state index in [4.69, 9.17) is 10.5 Å². The van der Waals surface area contributed by atoms with Gasteiger partial charge in [0, 0.05) is 12.3 Å². The lowest BCUT2D eigenvalue weighted by atomic mass is 9.89. The number of hydrogen-bond donors (Lipinski definition) is 1. The van der Waals surface area contributed by atoms with E-state index in [0.29, 0.717) is 24.7 Å². The van der Waals surface area contributed by atoms with Crippen LogP contribution in [-0.4, -0.2) is 19.4 Å². The van der Waals surface area contributed by atoms with E-state index in [1.165, 1.54) is 0 Å². The first-order chi connectivity index (χ1) is 9.15. The molecule has 19 heavy (non-hydrogen) atoms. The highest BCUT2D eigenvalue weighted by Gasteiger charge is 2.31. The van der Waals surface area contributed by atoms with E-state index in [-0.39, 0.29) is 5.92 Å². The highest BCUT2D eigenvalue weighted by molar-refractivity contribution is 9.10. The van der Waals surface area contributed by atoms with Gasteiger partial charge < -0.3 is 10.5 Å². The molecule has 2 atom stereocenters. The standard InChI is InChI=1S/C15H20BrNO2/c1-19-15-6-5-10(7-13(15)16)8-14(18)12-4-2-3-11(12)9-17/h5-7,11-12H,2-4,8-9,17H2,1H3. The molecule has 4 heteroatoms. The van der Waals surface area contributed by atoms with E-state index in [1.807, 2.05) is 18.2 Å². The van der Waals surface area contributed by atoms with Crippen molar-refractivity contribution >= 4 is 21.7 Å². The number of ether oxygens (including phenoxy) is 1. The van der Waals surface area contributed by atoms with Crippen molar-refractivity contribution in [3.8, 4) is 5.75 Å². The van der Waals surface area contributed by atoms with Crippen LogP contribution >= 0.6 is 15.9 Å². The van der Waals surface area contributed by atoms with Gasteiger partial charge in [-0.05, 0) is 58.9 Å². The third-order valence-corrected chi connectivity index (χ3v) is 4.59. The first-order valence-electron chi connectivity index (χ1n) is 6.71. The fourth-order valence-corrected chi connectivity index (χ4v) is 3.48. The predicted molar refractivity (Wildman–Crippen MR) is 79.3 cm³/mol. The van der Waals surface area contributed by atoms with Gasteiger partial charge in [-0.25, -0.2) is 0 Å². The van der Waals surface area contributed by atoms with Gasteiger partial charge in [0.05, 0.1) is 11.6 Å². The summed E-state index contributed by atoms with van der Waals surface area (Å²) in [5.74, 6) is 1.65. The highest BCUT2D eigenvalue weighted by Crippen LogP contribution is 2.33. The number of ketones is 1. The Kier molecular flexibility index (Phi) is 4.99. The van der Waals surface area contributed by atoms with Crippen molar-refractivity contribution in [3.63, 3.8) is 0 Å². The van der Waals surface area contributed by atoms with Gasteiger partial charge in [-0.15, -0.1) is 0 Å². The summed E-state index contributed by atoms with van der Waals surface area (Å²) in [7, 11) is 1.63. The van der Waals surface area contributed by atoms with E-state index in [1.54, 1.807) is 7.11 Å². The van der Waals surface area contributed by atoms with Crippen LogP contribution in [0.15, 0.2) is 22.7 Å². The lowest BCUT2D eigenvalue weighted by Gasteiger charge is -2.16. The molecule has 1 aromatic carbocycles. The summed E-state index contributed by atoms with van der Waals surface area (Å²) < 4.78 is 6.08. The first-order valence-corrected chi connectivity index (χ1v) is 7.50. The van der Waals surface area contributed by atoms with Gasteiger partial charge in [0.25, 0.3) is 0 Å². The molecular weight excluding hydrogens is 306 g/mol. The molecule has 0 bridgehead atoms. The fourth-order valence-electron chi connectivity index (χ4n) is 2.89. The molecule has 1 aromatic rings. The van der Waals surface area contributed by atoms with Gasteiger partial charge in [-0.2, -0.15) is 0 Å². The molecular formula is C15H20BrNO2. The van der Waals surface area contributed by atoms with Gasteiger partial charge in [0.2, 0.25) is 0 Å². The molecule has 0 spiro atoms. The van der Waals surface area contributed by atoms with Crippen LogP contribution in [0, 0.1) is 11.8 Å². The van der Waals surface area contributed by atoms with Crippen LogP contribution in [0.4, 0.5) is 0 Å². The van der Waals surface area contributed by atoms with Crippen LogP contribution in [0.2, 0.25) is 0 Å². The quantitative estimate of drug-likeness (QED) is 0.905. The van der Waals surface area contributed by atoms with Crippen LogP contribution in [0.5, 0.6) is 5.75 Å². The van der Waals surface area contributed by atoms with Gasteiger partial charge in [0.1, 0.15) is 11.5 Å². The zero-order chi connectivity index (χ0) is 13.8. The molecule has 0 aliphatic heterocycles. The zero-order valence-corrected chi connectivity index (χ0v) is 12.8. The Labute approximate surface area is 122 Å². The van der Waals surface area contributed by atoms with Crippen molar-refractivity contribution < 1.29 is 9.53 Å². The van der Waals surface area contributed by atoms with E-state index in [9.17, 15) is 4.79 Å². The second-order valence-corrected chi connectivity index (χ2v) is 6.00. The largest absolute Gasteiger partial charge is 0.496 e. The van der Waals surface area contributed by atoms with E-state index in [2.05, 4.69) is 15.9 Å². The first kappa shape index (κ1) is 14.5. The maximum atomic E-state index is 12.3. The van der Waals surface area contributed by atoms with E-state index in [0.717, 1.165) is 35.0 Å². The molecule has 2 unspecified atom stereocenters. The molecule has 2 rings (SSSR count). The average Bonchev–Trinajstić information content (AvgIpc) is 2.87. The predicted octanol–water partition coefficient (Wildman–Crippen LogP) is 2.94. The van der Waals surface area contributed by atoms with Crippen LogP contribution < -0.4 is 10.5 Å². The van der Waals surface area contributed by atoms with Crippen molar-refractivity contribution in [2.45, 2.75) is 25.7 Å². The lowest BCUT2D eigenvalue weighted by molar-refractivity contribution is -0.123. The topological polar surface area (TPSA) is 52.3 Å². The second-order valence-electron chi connectivity index (χ2n) is 5.15. The van der Waals surface area contributed by atoms with Crippen LogP contribution in [0.1, 0.15) is 24.8 Å². The minimum Gasteiger partial charge on any atom is -0.496 e. The van der Waals surface area contributed by atoms with Crippen molar-refractivity contribution in [2.24, 2.45) is 17.6 Å². The number of rotatable bonds is 5. The molecule has 0 saturated heterocycles. The van der Waals surface area contributed by atoms with Crippen LogP contribution in [-0.2, 0) is 11.2 Å². The van der Waals surface area contributed by atoms with Gasteiger partial charge in [-0.3, -0.25) is 4.79 Å². The molecule has 3 nitrogen and oxygen atoms in total. The molecule has 1 aliphatic rings. The number of nitrogens with two attached hydrogens (primary N) is 1. The number of carbonyl (C=O) groups is 1. The number of carbonyl (C=O) groups excluding carboxylic acids is 1. The SMILES string of the molecule is COc1ccc(CC(=O)C2CCCC2CN)cc1Br. The smallest absolute Gasteiger partial charge is 0.140 e. The number of halogens is 1. The Morgan fingerprint density at radius 2 is 2.26 bits per heavy atom. The molecule has 0 aromatic heterocycles. The van der Waals surface area contributed by atoms with Crippen LogP contribution in [0.25, 0.3) is 0 Å². The molecule has 0 heterocycles. The fraction of sp³-hybridized carbons (Fsp3) is 0.533. The monoisotopic (exact) mass is 325 g/mol. The molecule has 0 amide bonds. The minimum atomic E-state index is 0.158. The molecule has 1 fully saturated rings. The summed E-state index contributed by atoms with van der Waals surface area (Å²) in [5.41, 5.74) is 6.77. The second kappa shape index (κ2) is 6.53. The Balaban J connectivity index is 2.04. The summed E-state index contributed by atoms with van der Waals surface area (Å²) in [6.07, 6.45) is 3.71. The summed E-state index contributed by atoms with van der Waals surface area (Å²) in [6.45, 7) is 0.628. The van der Waals surface area contributed by atoms with Gasteiger partial charge in [-0.1, -0.05) is 12.5 Å². The van der Waals surface area contributed by atoms with Gasteiger partial charge in [0.15, 0.2) is 0 Å². The third kappa shape index (κ3) is 3.37. The van der Waals surface area contributed by atoms with E-state index >= 15 is 0 Å². The highest BCUT2D eigenvalue weighted by atomic mass is 79.9. The third-order valence-electron chi connectivity index (χ3n) is 3.97. The molecule has 0 radical (unpaired) electrons. The molecule has 1 aliphatic carbocycles. The van der Waals surface area contributed by atoms with Gasteiger partial charge >= 0.3 is 0 Å². The normalized spacial score (nSPS) is 22.5. The van der Waals surface area contributed by atoms with Crippen molar-refractivity contribution in [2.75, 3.05) is 13.7 Å². The number of hydrogen-bond acceptors (Lipinski definition) is 3. The molecule has 2 N–H and O–H groups in total. The maximum absolute atomic E-state index is 12.3. The maximum Gasteiger partial charge on any atom is 0.140 e. The van der Waals surface area contributed by atoms with Crippen molar-refractivity contribution in [3.05, 3.63) is 28.2 Å². The Bertz CT molecular complexity index is 461. The number of Topliss-reactive ketones (excluding diaryl/α,β-unsaturated/α-hetero) is 1. The van der Waals surface area contributed by atoms with E-state index < -0.39 is 0 Å². The molecule has 1 saturated carbocycles. The minimum absolute atomic E-state index is 0.158. The van der Waals surface area contributed by atoms with Crippen LogP contribution in [0.3, 0.4) is 0 Å². The lowest BCUT2D eigenvalue weighted by Crippen LogP contribution is -2.26. The average molecular weight is 326 g/mol. The zero-order valence-electron chi connectivity index (χ0n) is 11.2. The Hall–Kier alpha value is -0.870. The number of benzene rings is 1.